The number of nitriles is 2. The number of aromatic nitrogens is 1. The number of hydrogen-bond donors (Lipinski definition) is 0. The molecule has 9 rings (SSSR count). The van der Waals surface area contributed by atoms with Gasteiger partial charge < -0.3 is 14.4 Å². The molecule has 0 saturated heterocycles. The van der Waals surface area contributed by atoms with Crippen LogP contribution in [0.5, 0.6) is 0 Å². The normalized spacial score (nSPS) is 30.5. The van der Waals surface area contributed by atoms with Gasteiger partial charge in [0.15, 0.2) is 0 Å². The topological polar surface area (TPSA) is 59.0 Å². The molecule has 51 heavy (non-hydrogen) atoms. The Hall–Kier alpha value is -5.00. The van der Waals surface area contributed by atoms with Crippen LogP contribution < -0.4 is 0 Å². The number of hydrogen-bond acceptors (Lipinski definition) is 4. The first-order valence-electron chi connectivity index (χ1n) is 19.1. The summed E-state index contributed by atoms with van der Waals surface area (Å²) in [4.78, 5) is 5.25. The maximum absolute atomic E-state index is 9.92. The van der Waals surface area contributed by atoms with Gasteiger partial charge in [0.05, 0.1) is 41.7 Å². The van der Waals surface area contributed by atoms with Gasteiger partial charge in [-0.05, 0) is 110 Å². The summed E-state index contributed by atoms with van der Waals surface area (Å²) in [5, 5.41) is 19.6. The van der Waals surface area contributed by atoms with E-state index in [1.54, 1.807) is 5.57 Å². The highest BCUT2D eigenvalue weighted by Gasteiger charge is 2.51. The predicted octanol–water partition coefficient (Wildman–Crippen LogP) is 9.81. The molecule has 0 amide bonds. The molecule has 0 fully saturated rings. The van der Waals surface area contributed by atoms with Crippen LogP contribution in [-0.4, -0.2) is 33.5 Å². The molecular weight excluding hydrogens is 623 g/mol. The fourth-order valence-corrected chi connectivity index (χ4v) is 10.5. The highest BCUT2D eigenvalue weighted by molar-refractivity contribution is 5.69. The number of fused-ring (bicyclic) bond motifs is 5. The summed E-state index contributed by atoms with van der Waals surface area (Å²) in [5.41, 5.74) is 14.4. The highest BCUT2D eigenvalue weighted by atomic mass is 15.2. The number of rotatable bonds is 4. The molecule has 2 aromatic rings. The van der Waals surface area contributed by atoms with Crippen molar-refractivity contribution in [3.05, 3.63) is 135 Å². The van der Waals surface area contributed by atoms with Crippen molar-refractivity contribution in [1.82, 2.24) is 14.4 Å². The maximum atomic E-state index is 9.92. The first-order chi connectivity index (χ1) is 24.9. The highest BCUT2D eigenvalue weighted by Crippen LogP contribution is 2.56. The van der Waals surface area contributed by atoms with Crippen molar-refractivity contribution in [1.29, 1.82) is 10.5 Å². The molecule has 0 saturated carbocycles. The molecule has 0 radical (unpaired) electrons. The van der Waals surface area contributed by atoms with Crippen molar-refractivity contribution in [3.63, 3.8) is 0 Å². The van der Waals surface area contributed by atoms with Crippen molar-refractivity contribution in [2.75, 3.05) is 7.05 Å². The molecule has 5 aliphatic carbocycles. The van der Waals surface area contributed by atoms with Crippen molar-refractivity contribution in [3.8, 4) is 12.1 Å². The van der Waals surface area contributed by atoms with Gasteiger partial charge >= 0.3 is 0 Å². The number of allylic oxidation sites excluding steroid dienone is 9. The zero-order chi connectivity index (χ0) is 34.9. The number of benzene rings is 1. The lowest BCUT2D eigenvalue weighted by molar-refractivity contribution is 0.215. The van der Waals surface area contributed by atoms with Crippen LogP contribution in [0.3, 0.4) is 0 Å². The first kappa shape index (κ1) is 31.9. The van der Waals surface area contributed by atoms with Crippen LogP contribution in [0.4, 0.5) is 0 Å². The Morgan fingerprint density at radius 1 is 0.941 bits per heavy atom. The second-order valence-electron chi connectivity index (χ2n) is 15.9. The minimum absolute atomic E-state index is 0.0662. The zero-order valence-electron chi connectivity index (χ0n) is 30.1. The lowest BCUT2D eigenvalue weighted by Crippen LogP contribution is -2.42. The lowest BCUT2D eigenvalue weighted by Gasteiger charge is -2.43. The summed E-state index contributed by atoms with van der Waals surface area (Å²) in [5.74, 6) is 0.401. The van der Waals surface area contributed by atoms with Gasteiger partial charge in [0.1, 0.15) is 0 Å². The molecule has 0 spiro atoms. The first-order valence-corrected chi connectivity index (χ1v) is 19.1. The van der Waals surface area contributed by atoms with E-state index in [4.69, 9.17) is 0 Å². The summed E-state index contributed by atoms with van der Waals surface area (Å²) in [6.07, 6.45) is 35.6. The second kappa shape index (κ2) is 12.3. The fraction of sp³-hybridized carbons (Fsp3) is 0.391. The number of nitrogens with zero attached hydrogens (tertiary/aromatic N) is 5. The van der Waals surface area contributed by atoms with E-state index >= 15 is 0 Å². The van der Waals surface area contributed by atoms with Gasteiger partial charge in [0, 0.05) is 53.3 Å². The smallest absolute Gasteiger partial charge is 0.0991 e. The van der Waals surface area contributed by atoms with E-state index in [9.17, 15) is 10.5 Å². The summed E-state index contributed by atoms with van der Waals surface area (Å²) in [6, 6.07) is 13.6. The van der Waals surface area contributed by atoms with E-state index in [1.165, 1.54) is 51.6 Å². The molecule has 1 aromatic heterocycles. The molecule has 256 valence electrons. The van der Waals surface area contributed by atoms with Crippen molar-refractivity contribution < 1.29 is 0 Å². The molecule has 1 aromatic carbocycles. The fourth-order valence-electron chi connectivity index (χ4n) is 10.5. The third kappa shape index (κ3) is 5.00. The zero-order valence-corrected chi connectivity index (χ0v) is 30.1. The minimum atomic E-state index is -0.0662. The molecule has 6 unspecified atom stereocenters. The average molecular weight is 670 g/mol. The van der Waals surface area contributed by atoms with Crippen molar-refractivity contribution >= 4 is 17.8 Å². The quantitative estimate of drug-likeness (QED) is 0.304. The van der Waals surface area contributed by atoms with E-state index in [1.807, 2.05) is 18.2 Å². The third-order valence-corrected chi connectivity index (χ3v) is 13.0. The van der Waals surface area contributed by atoms with E-state index in [2.05, 4.69) is 120 Å². The largest absolute Gasteiger partial charge is 0.367 e. The second-order valence-corrected chi connectivity index (χ2v) is 15.9. The molecule has 7 aliphatic rings. The SMILES string of the molecule is CC1CC=CC2=C1N(C1=CC(C3CCC=C(c4cccc(C#N)c4)N3C)=CC(n3c4c(c5c3C=CC(C#N)C5)CCC=C4)C1)C1C=CCCC21C. The van der Waals surface area contributed by atoms with Crippen LogP contribution >= 0.6 is 0 Å². The summed E-state index contributed by atoms with van der Waals surface area (Å²) >= 11 is 0. The molecule has 5 nitrogen and oxygen atoms in total. The molecule has 2 aliphatic heterocycles. The van der Waals surface area contributed by atoms with E-state index in [-0.39, 0.29) is 23.4 Å². The van der Waals surface area contributed by atoms with Crippen LogP contribution in [0, 0.1) is 39.9 Å². The van der Waals surface area contributed by atoms with E-state index < -0.39 is 0 Å². The molecule has 5 heteroatoms. The Morgan fingerprint density at radius 2 is 1.82 bits per heavy atom. The van der Waals surface area contributed by atoms with Gasteiger partial charge in [-0.15, -0.1) is 0 Å². The molecule has 3 heterocycles. The predicted molar refractivity (Wildman–Crippen MR) is 205 cm³/mol. The summed E-state index contributed by atoms with van der Waals surface area (Å²) in [7, 11) is 2.24. The van der Waals surface area contributed by atoms with Gasteiger partial charge in [-0.25, -0.2) is 0 Å². The summed E-state index contributed by atoms with van der Waals surface area (Å²) < 4.78 is 2.64. The van der Waals surface area contributed by atoms with Crippen LogP contribution in [0.15, 0.2) is 101 Å². The van der Waals surface area contributed by atoms with Gasteiger partial charge in [0.25, 0.3) is 0 Å². The molecule has 0 bridgehead atoms. The van der Waals surface area contributed by atoms with Gasteiger partial charge in [-0.2, -0.15) is 10.5 Å². The van der Waals surface area contributed by atoms with Gasteiger partial charge in [-0.1, -0.05) is 74.6 Å². The van der Waals surface area contributed by atoms with Gasteiger partial charge in [-0.3, -0.25) is 0 Å². The van der Waals surface area contributed by atoms with Crippen molar-refractivity contribution in [2.24, 2.45) is 17.3 Å². The Labute approximate surface area is 303 Å². The van der Waals surface area contributed by atoms with Gasteiger partial charge in [0.2, 0.25) is 0 Å². The molecule has 0 N–H and O–H groups in total. The molecule has 6 atom stereocenters. The summed E-state index contributed by atoms with van der Waals surface area (Å²) in [6.45, 7) is 4.94. The average Bonchev–Trinajstić information content (AvgIpc) is 3.64. The maximum Gasteiger partial charge on any atom is 0.0991 e. The Bertz CT molecular complexity index is 2150. The van der Waals surface area contributed by atoms with E-state index in [0.717, 1.165) is 56.9 Å². The lowest BCUT2D eigenvalue weighted by atomic mass is 9.70. The molecular formula is C46H47N5. The van der Waals surface area contributed by atoms with Crippen LogP contribution in [0.25, 0.3) is 17.8 Å². The number of likely N-dealkylation sites (N-methyl/N-ethyl adjacent to an activating group) is 1. The Morgan fingerprint density at radius 3 is 2.69 bits per heavy atom. The Balaban J connectivity index is 1.20. The standard InChI is InChI=1S/C46H47N5/c1-30-11-8-15-39-45(30)51(44-19-6-7-22-46(39,44)2)36-26-34(41-18-10-17-40(49(41)3)33-13-9-12-31(23-33)28-47)25-35(27-36)50-42-16-5-4-14-37(42)38-24-32(29-48)20-21-43(38)50/h5-6,8-9,12-13,15-17,19-21,23,25-26,30,32,35,41,44H,4,7,10-11,14,18,22,24,27H2,1-3H3. The van der Waals surface area contributed by atoms with Crippen molar-refractivity contribution in [2.45, 2.75) is 89.8 Å². The monoisotopic (exact) mass is 669 g/mol. The Kier molecular flexibility index (Phi) is 7.73. The minimum Gasteiger partial charge on any atom is -0.367 e. The van der Waals surface area contributed by atoms with Crippen LogP contribution in [0.1, 0.15) is 98.5 Å². The third-order valence-electron chi connectivity index (χ3n) is 13.0. The van der Waals surface area contributed by atoms with E-state index in [0.29, 0.717) is 17.5 Å². The van der Waals surface area contributed by atoms with Crippen LogP contribution in [0.2, 0.25) is 0 Å². The van der Waals surface area contributed by atoms with Crippen LogP contribution in [-0.2, 0) is 12.8 Å².